The van der Waals surface area contributed by atoms with Crippen LogP contribution in [0.5, 0.6) is 0 Å². The molecule has 1 aromatic heterocycles. The molecule has 0 unspecified atom stereocenters. The van der Waals surface area contributed by atoms with E-state index >= 15 is 0 Å². The van der Waals surface area contributed by atoms with Gasteiger partial charge in [0, 0.05) is 24.5 Å². The van der Waals surface area contributed by atoms with Gasteiger partial charge in [-0.1, -0.05) is 6.58 Å². The first-order valence-corrected chi connectivity index (χ1v) is 4.18. The lowest BCUT2D eigenvalue weighted by molar-refractivity contribution is -0.152. The van der Waals surface area contributed by atoms with E-state index < -0.39 is 11.9 Å². The maximum atomic E-state index is 11.0. The van der Waals surface area contributed by atoms with E-state index in [0.29, 0.717) is 0 Å². The molecule has 15 heavy (non-hydrogen) atoms. The summed E-state index contributed by atoms with van der Waals surface area (Å²) in [6.45, 7) is 3.17. The topological polar surface area (TPSA) is 56.3 Å². The smallest absolute Gasteiger partial charge is 0.338 e. The van der Waals surface area contributed by atoms with Crippen molar-refractivity contribution < 1.29 is 14.3 Å². The lowest BCUT2D eigenvalue weighted by atomic mass is 10.2. The molecule has 0 amide bonds. The Morgan fingerprint density at radius 3 is 2.53 bits per heavy atom. The molecule has 0 bridgehead atoms. The van der Waals surface area contributed by atoms with Crippen molar-refractivity contribution in [3.05, 3.63) is 48.8 Å². The van der Waals surface area contributed by atoms with Gasteiger partial charge < -0.3 is 4.74 Å². The second-order valence-electron chi connectivity index (χ2n) is 2.56. The van der Waals surface area contributed by atoms with Gasteiger partial charge >= 0.3 is 11.9 Å². The molecule has 0 aliphatic heterocycles. The van der Waals surface area contributed by atoms with E-state index in [2.05, 4.69) is 16.3 Å². The van der Waals surface area contributed by atoms with Gasteiger partial charge in [0.1, 0.15) is 0 Å². The Labute approximate surface area is 86.9 Å². The van der Waals surface area contributed by atoms with Gasteiger partial charge in [-0.3, -0.25) is 4.98 Å². The van der Waals surface area contributed by atoms with E-state index in [1.165, 1.54) is 6.08 Å². The average molecular weight is 203 g/mol. The molecule has 0 saturated heterocycles. The van der Waals surface area contributed by atoms with Crippen LogP contribution in [0, 0.1) is 0 Å². The quantitative estimate of drug-likeness (QED) is 0.422. The predicted octanol–water partition coefficient (Wildman–Crippen LogP) is 1.35. The van der Waals surface area contributed by atoms with Crippen molar-refractivity contribution in [2.75, 3.05) is 0 Å². The van der Waals surface area contributed by atoms with Crippen LogP contribution in [0.1, 0.15) is 5.56 Å². The van der Waals surface area contributed by atoms with Crippen LogP contribution in [0.4, 0.5) is 0 Å². The molecule has 0 aliphatic carbocycles. The number of carbonyl (C=O) groups excluding carboxylic acids is 2. The van der Waals surface area contributed by atoms with Gasteiger partial charge in [0.15, 0.2) is 0 Å². The van der Waals surface area contributed by atoms with Gasteiger partial charge in [0.25, 0.3) is 0 Å². The summed E-state index contributed by atoms with van der Waals surface area (Å²) in [5, 5.41) is 0. The molecule has 0 aliphatic rings. The molecule has 0 atom stereocenters. The molecule has 0 N–H and O–H groups in total. The highest BCUT2D eigenvalue weighted by Crippen LogP contribution is 1.99. The van der Waals surface area contributed by atoms with Crippen LogP contribution in [0.25, 0.3) is 6.08 Å². The van der Waals surface area contributed by atoms with E-state index in [1.54, 1.807) is 24.5 Å². The Morgan fingerprint density at radius 1 is 1.27 bits per heavy atom. The van der Waals surface area contributed by atoms with E-state index in [0.717, 1.165) is 17.7 Å². The first kappa shape index (κ1) is 10.8. The van der Waals surface area contributed by atoms with Gasteiger partial charge in [-0.05, 0) is 23.8 Å². The minimum atomic E-state index is -0.764. The average Bonchev–Trinajstić information content (AvgIpc) is 2.27. The van der Waals surface area contributed by atoms with E-state index in [9.17, 15) is 9.59 Å². The zero-order chi connectivity index (χ0) is 11.1. The maximum absolute atomic E-state index is 11.0. The summed E-state index contributed by atoms with van der Waals surface area (Å²) in [6.07, 6.45) is 6.81. The Kier molecular flexibility index (Phi) is 3.97. The summed E-state index contributed by atoms with van der Waals surface area (Å²) in [4.78, 5) is 25.4. The highest BCUT2D eigenvalue weighted by molar-refractivity contribution is 5.98. The molecule has 0 spiro atoms. The highest BCUT2D eigenvalue weighted by atomic mass is 16.6. The summed E-state index contributed by atoms with van der Waals surface area (Å²) < 4.78 is 4.32. The van der Waals surface area contributed by atoms with Gasteiger partial charge in [0.2, 0.25) is 0 Å². The van der Waals surface area contributed by atoms with Gasteiger partial charge in [-0.15, -0.1) is 0 Å². The predicted molar refractivity (Wildman–Crippen MR) is 54.6 cm³/mol. The molecular formula is C11H9NO3. The van der Waals surface area contributed by atoms with Gasteiger partial charge in [0.05, 0.1) is 0 Å². The van der Waals surface area contributed by atoms with Crippen molar-refractivity contribution in [2.45, 2.75) is 0 Å². The molecule has 1 rings (SSSR count). The van der Waals surface area contributed by atoms with E-state index in [-0.39, 0.29) is 0 Å². The monoisotopic (exact) mass is 203 g/mol. The van der Waals surface area contributed by atoms with Crippen molar-refractivity contribution in [1.29, 1.82) is 0 Å². The van der Waals surface area contributed by atoms with Crippen molar-refractivity contribution in [3.63, 3.8) is 0 Å². The number of hydrogen-bond acceptors (Lipinski definition) is 4. The van der Waals surface area contributed by atoms with Crippen molar-refractivity contribution in [3.8, 4) is 0 Å². The summed E-state index contributed by atoms with van der Waals surface area (Å²) in [5.41, 5.74) is 0.799. The standard InChI is InChI=1S/C11H9NO3/c1-2-10(13)15-11(14)4-3-9-5-7-12-8-6-9/h2-8H,1H2/b4-3+. The number of carbonyl (C=O) groups is 2. The highest BCUT2D eigenvalue weighted by Gasteiger charge is 2.01. The number of ether oxygens (including phenoxy) is 1. The van der Waals surface area contributed by atoms with Gasteiger partial charge in [-0.25, -0.2) is 9.59 Å². The molecule has 4 heteroatoms. The van der Waals surface area contributed by atoms with Crippen LogP contribution in [-0.4, -0.2) is 16.9 Å². The normalized spacial score (nSPS) is 9.87. The molecular weight excluding hydrogens is 194 g/mol. The Morgan fingerprint density at radius 2 is 1.93 bits per heavy atom. The first-order chi connectivity index (χ1) is 7.22. The lowest BCUT2D eigenvalue weighted by Gasteiger charge is -1.93. The third kappa shape index (κ3) is 3.99. The van der Waals surface area contributed by atoms with Crippen LogP contribution in [-0.2, 0) is 14.3 Å². The van der Waals surface area contributed by atoms with Crippen LogP contribution in [0.2, 0.25) is 0 Å². The van der Waals surface area contributed by atoms with Crippen LogP contribution in [0.15, 0.2) is 43.3 Å². The minimum Gasteiger partial charge on any atom is -0.387 e. The number of nitrogens with zero attached hydrogens (tertiary/aromatic N) is 1. The fourth-order valence-corrected chi connectivity index (χ4v) is 0.814. The summed E-state index contributed by atoms with van der Waals surface area (Å²) in [7, 11) is 0. The molecule has 4 nitrogen and oxygen atoms in total. The number of esters is 2. The number of aromatic nitrogens is 1. The first-order valence-electron chi connectivity index (χ1n) is 4.18. The fourth-order valence-electron chi connectivity index (χ4n) is 0.814. The van der Waals surface area contributed by atoms with Crippen molar-refractivity contribution >= 4 is 18.0 Å². The zero-order valence-electron chi connectivity index (χ0n) is 7.92. The molecule has 0 saturated carbocycles. The SMILES string of the molecule is C=CC(=O)OC(=O)/C=C/c1ccncc1. The summed E-state index contributed by atoms with van der Waals surface area (Å²) >= 11 is 0. The summed E-state index contributed by atoms with van der Waals surface area (Å²) in [5.74, 6) is -1.49. The maximum Gasteiger partial charge on any atom is 0.338 e. The lowest BCUT2D eigenvalue weighted by Crippen LogP contribution is -2.06. The largest absolute Gasteiger partial charge is 0.387 e. The molecule has 76 valence electrons. The molecule has 1 aromatic rings. The van der Waals surface area contributed by atoms with Crippen molar-refractivity contribution in [2.24, 2.45) is 0 Å². The number of hydrogen-bond donors (Lipinski definition) is 0. The van der Waals surface area contributed by atoms with Crippen LogP contribution < -0.4 is 0 Å². The Balaban J connectivity index is 2.55. The van der Waals surface area contributed by atoms with Crippen LogP contribution in [0.3, 0.4) is 0 Å². The Bertz CT molecular complexity index is 396. The minimum absolute atomic E-state index is 0.725. The van der Waals surface area contributed by atoms with Crippen LogP contribution >= 0.6 is 0 Å². The van der Waals surface area contributed by atoms with E-state index in [4.69, 9.17) is 0 Å². The molecule has 0 radical (unpaired) electrons. The number of pyridine rings is 1. The summed E-state index contributed by atoms with van der Waals surface area (Å²) in [6, 6.07) is 3.44. The number of rotatable bonds is 3. The van der Waals surface area contributed by atoms with Crippen molar-refractivity contribution in [1.82, 2.24) is 4.98 Å². The van der Waals surface area contributed by atoms with Gasteiger partial charge in [-0.2, -0.15) is 0 Å². The second-order valence-corrected chi connectivity index (χ2v) is 2.56. The zero-order valence-corrected chi connectivity index (χ0v) is 7.92. The second kappa shape index (κ2) is 5.49. The third-order valence-electron chi connectivity index (χ3n) is 1.49. The molecule has 1 heterocycles. The molecule has 0 fully saturated rings. The Hall–Kier alpha value is -2.23. The fraction of sp³-hybridized carbons (Fsp3) is 0. The third-order valence-corrected chi connectivity index (χ3v) is 1.49. The van der Waals surface area contributed by atoms with E-state index in [1.807, 2.05) is 0 Å². The molecule has 0 aromatic carbocycles.